The van der Waals surface area contributed by atoms with Gasteiger partial charge in [-0.2, -0.15) is 0 Å². The number of amides is 1. The van der Waals surface area contributed by atoms with Gasteiger partial charge in [0, 0.05) is 5.69 Å². The summed E-state index contributed by atoms with van der Waals surface area (Å²) in [5.74, 6) is -0.142. The predicted octanol–water partition coefficient (Wildman–Crippen LogP) is 3.39. The average Bonchev–Trinajstić information content (AvgIpc) is 3.03. The molecule has 0 saturated carbocycles. The zero-order valence-electron chi connectivity index (χ0n) is 16.6. The molecule has 0 unspecified atom stereocenters. The maximum absolute atomic E-state index is 12.8. The molecule has 156 valence electrons. The van der Waals surface area contributed by atoms with E-state index in [1.54, 1.807) is 13.0 Å². The van der Waals surface area contributed by atoms with E-state index in [0.29, 0.717) is 15.6 Å². The van der Waals surface area contributed by atoms with Gasteiger partial charge in [0.05, 0.1) is 20.5 Å². The normalized spacial score (nSPS) is 22.7. The number of nitrogens with two attached hydrogens (primary N) is 1. The lowest BCUT2D eigenvalue weighted by Gasteiger charge is -2.37. The number of hydrogen-bond donors (Lipinski definition) is 2. The average molecular weight is 455 g/mol. The van der Waals surface area contributed by atoms with Gasteiger partial charge in [-0.05, 0) is 45.4 Å². The van der Waals surface area contributed by atoms with Gasteiger partial charge < -0.3 is 11.1 Å². The molecule has 0 aliphatic carbocycles. The minimum Gasteiger partial charge on any atom is -0.386 e. The maximum atomic E-state index is 12.8. The van der Waals surface area contributed by atoms with Crippen LogP contribution in [0.5, 0.6) is 0 Å². The standard InChI is InChI=1S/C19H23ClN4O3S2/c1-5-11-7-6-8-14(22-11)23-16(25)13-9-12(20)15(28-13)19(4)10-29(26,27)18(2,3)17(21)24-19/h6-9H,5,10H2,1-4H3,(H2,21,24)(H,22,23,25)/t19-/m0/s1. The quantitative estimate of drug-likeness (QED) is 0.734. The number of amidine groups is 1. The first-order valence-electron chi connectivity index (χ1n) is 9.05. The van der Waals surface area contributed by atoms with Crippen LogP contribution in [-0.2, 0) is 21.8 Å². The number of rotatable bonds is 4. The topological polar surface area (TPSA) is 115 Å². The Balaban J connectivity index is 1.94. The lowest BCUT2D eigenvalue weighted by atomic mass is 10.0. The highest BCUT2D eigenvalue weighted by Crippen LogP contribution is 2.43. The minimum absolute atomic E-state index is 0.0299. The Morgan fingerprint density at radius 1 is 1.34 bits per heavy atom. The largest absolute Gasteiger partial charge is 0.386 e. The van der Waals surface area contributed by atoms with E-state index in [9.17, 15) is 13.2 Å². The van der Waals surface area contributed by atoms with Crippen LogP contribution in [0.2, 0.25) is 5.02 Å². The highest BCUT2D eigenvalue weighted by Gasteiger charge is 2.50. The van der Waals surface area contributed by atoms with Crippen LogP contribution in [0, 0.1) is 0 Å². The number of aromatic nitrogens is 1. The molecule has 0 fully saturated rings. The second-order valence-corrected chi connectivity index (χ2v) is 11.6. The van der Waals surface area contributed by atoms with Gasteiger partial charge in [0.25, 0.3) is 5.91 Å². The van der Waals surface area contributed by atoms with Crippen LogP contribution in [0.4, 0.5) is 5.82 Å². The van der Waals surface area contributed by atoms with Crippen molar-refractivity contribution in [2.24, 2.45) is 10.7 Å². The van der Waals surface area contributed by atoms with Crippen molar-refractivity contribution in [2.45, 2.75) is 44.4 Å². The summed E-state index contributed by atoms with van der Waals surface area (Å²) in [6.45, 7) is 6.71. The number of nitrogens with zero attached hydrogens (tertiary/aromatic N) is 2. The third-order valence-corrected chi connectivity index (χ3v) is 9.55. The summed E-state index contributed by atoms with van der Waals surface area (Å²) >= 11 is 7.49. The maximum Gasteiger partial charge on any atom is 0.266 e. The number of pyridine rings is 1. The van der Waals surface area contributed by atoms with Crippen molar-refractivity contribution in [2.75, 3.05) is 11.1 Å². The van der Waals surface area contributed by atoms with Gasteiger partial charge in [0.15, 0.2) is 9.84 Å². The Morgan fingerprint density at radius 2 is 2.03 bits per heavy atom. The summed E-state index contributed by atoms with van der Waals surface area (Å²) in [6.07, 6.45) is 0.751. The van der Waals surface area contributed by atoms with E-state index in [2.05, 4.69) is 15.3 Å². The first-order valence-corrected chi connectivity index (χ1v) is 11.9. The van der Waals surface area contributed by atoms with E-state index in [0.717, 1.165) is 23.5 Å². The number of aliphatic imine (C=N–C) groups is 1. The van der Waals surface area contributed by atoms with E-state index in [1.165, 1.54) is 19.9 Å². The zero-order valence-corrected chi connectivity index (χ0v) is 19.0. The molecule has 1 aliphatic rings. The molecule has 3 rings (SSSR count). The van der Waals surface area contributed by atoms with Crippen LogP contribution in [0.1, 0.15) is 47.9 Å². The van der Waals surface area contributed by atoms with Crippen LogP contribution in [0.15, 0.2) is 29.3 Å². The minimum atomic E-state index is -3.57. The number of carbonyl (C=O) groups excluding carboxylic acids is 1. The SMILES string of the molecule is CCc1cccc(NC(=O)c2cc(Cl)c([C@]3(C)CS(=O)(=O)C(C)(C)C(N)=N3)s2)n1. The van der Waals surface area contributed by atoms with Crippen molar-refractivity contribution in [3.8, 4) is 0 Å². The zero-order chi connectivity index (χ0) is 21.6. The predicted molar refractivity (Wildman–Crippen MR) is 118 cm³/mol. The molecule has 0 saturated heterocycles. The van der Waals surface area contributed by atoms with Gasteiger partial charge in [0.1, 0.15) is 21.9 Å². The number of nitrogens with one attached hydrogen (secondary N) is 1. The first kappa shape index (κ1) is 21.7. The van der Waals surface area contributed by atoms with Crippen molar-refractivity contribution >= 4 is 50.3 Å². The summed E-state index contributed by atoms with van der Waals surface area (Å²) in [7, 11) is -3.57. The molecule has 0 bridgehead atoms. The van der Waals surface area contributed by atoms with Gasteiger partial charge in [-0.25, -0.2) is 13.4 Å². The van der Waals surface area contributed by atoms with Crippen molar-refractivity contribution in [1.82, 2.24) is 4.98 Å². The lowest BCUT2D eigenvalue weighted by molar-refractivity contribution is 0.103. The van der Waals surface area contributed by atoms with Crippen molar-refractivity contribution in [3.05, 3.63) is 44.7 Å². The van der Waals surface area contributed by atoms with Gasteiger partial charge in [-0.1, -0.05) is 24.6 Å². The van der Waals surface area contributed by atoms with Crippen molar-refractivity contribution in [1.29, 1.82) is 0 Å². The van der Waals surface area contributed by atoms with Crippen molar-refractivity contribution < 1.29 is 13.2 Å². The van der Waals surface area contributed by atoms with Gasteiger partial charge in [0.2, 0.25) is 0 Å². The molecule has 2 aromatic rings. The second kappa shape index (κ2) is 7.37. The molecule has 1 aliphatic heterocycles. The van der Waals surface area contributed by atoms with Gasteiger partial charge >= 0.3 is 0 Å². The molecule has 3 heterocycles. The number of halogens is 1. The van der Waals surface area contributed by atoms with Crippen molar-refractivity contribution in [3.63, 3.8) is 0 Å². The fraction of sp³-hybridized carbons (Fsp3) is 0.421. The number of sulfone groups is 1. The second-order valence-electron chi connectivity index (χ2n) is 7.65. The summed E-state index contributed by atoms with van der Waals surface area (Å²) in [6, 6.07) is 6.92. The van der Waals surface area contributed by atoms with E-state index in [4.69, 9.17) is 17.3 Å². The fourth-order valence-electron chi connectivity index (χ4n) is 3.03. The van der Waals surface area contributed by atoms with E-state index in [1.807, 2.05) is 19.1 Å². The molecule has 1 amide bonds. The third kappa shape index (κ3) is 3.91. The van der Waals surface area contributed by atoms with Crippen LogP contribution in [0.3, 0.4) is 0 Å². The Hall–Kier alpha value is -1.97. The Labute approximate surface area is 179 Å². The van der Waals surface area contributed by atoms with E-state index in [-0.39, 0.29) is 22.5 Å². The summed E-state index contributed by atoms with van der Waals surface area (Å²) in [5.41, 5.74) is 5.70. The molecule has 29 heavy (non-hydrogen) atoms. The number of aryl methyl sites for hydroxylation is 1. The lowest BCUT2D eigenvalue weighted by Crippen LogP contribution is -2.54. The molecule has 10 heteroatoms. The molecule has 7 nitrogen and oxygen atoms in total. The van der Waals surface area contributed by atoms with Crippen LogP contribution in [-0.4, -0.2) is 35.6 Å². The van der Waals surface area contributed by atoms with Gasteiger partial charge in [-0.3, -0.25) is 9.79 Å². The molecule has 2 aromatic heterocycles. The Kier molecular flexibility index (Phi) is 5.53. The number of anilines is 1. The van der Waals surface area contributed by atoms with E-state index >= 15 is 0 Å². The molecule has 3 N–H and O–H groups in total. The molecular weight excluding hydrogens is 432 g/mol. The first-order chi connectivity index (χ1) is 13.4. The molecule has 0 aromatic carbocycles. The molecule has 0 spiro atoms. The number of hydrogen-bond acceptors (Lipinski definition) is 7. The van der Waals surface area contributed by atoms with E-state index < -0.39 is 20.1 Å². The number of thiophene rings is 1. The summed E-state index contributed by atoms with van der Waals surface area (Å²) in [4.78, 5) is 22.3. The Bertz CT molecular complexity index is 1110. The highest BCUT2D eigenvalue weighted by molar-refractivity contribution is 7.93. The fourth-order valence-corrected chi connectivity index (χ4v) is 6.32. The van der Waals surface area contributed by atoms with Gasteiger partial charge in [-0.15, -0.1) is 11.3 Å². The number of carbonyl (C=O) groups is 1. The summed E-state index contributed by atoms with van der Waals surface area (Å²) in [5, 5.41) is 3.03. The van der Waals surface area contributed by atoms with Crippen LogP contribution in [0.25, 0.3) is 0 Å². The smallest absolute Gasteiger partial charge is 0.266 e. The monoisotopic (exact) mass is 454 g/mol. The third-order valence-electron chi connectivity index (χ3n) is 5.04. The van der Waals surface area contributed by atoms with Crippen LogP contribution < -0.4 is 11.1 Å². The Morgan fingerprint density at radius 3 is 2.66 bits per heavy atom. The summed E-state index contributed by atoms with van der Waals surface area (Å²) < 4.78 is 24.3. The molecular formula is C19H23ClN4O3S2. The molecule has 0 radical (unpaired) electrons. The highest BCUT2D eigenvalue weighted by atomic mass is 35.5. The molecule has 1 atom stereocenters. The van der Waals surface area contributed by atoms with Crippen LogP contribution >= 0.6 is 22.9 Å².